The summed E-state index contributed by atoms with van der Waals surface area (Å²) in [5, 5.41) is 21.5. The summed E-state index contributed by atoms with van der Waals surface area (Å²) in [5.41, 5.74) is 1.58. The average molecular weight is 633 g/mol. The number of hydrogen-bond acceptors (Lipinski definition) is 5. The second kappa shape index (κ2) is 12.6. The van der Waals surface area contributed by atoms with Gasteiger partial charge >= 0.3 is 0 Å². The summed E-state index contributed by atoms with van der Waals surface area (Å²) in [5.74, 6) is -1.13. The van der Waals surface area contributed by atoms with E-state index in [1.807, 2.05) is 66.7 Å². The van der Waals surface area contributed by atoms with Crippen LogP contribution in [0.15, 0.2) is 89.4 Å². The monoisotopic (exact) mass is 631 g/mol. The molecule has 1 fully saturated rings. The van der Waals surface area contributed by atoms with Crippen molar-refractivity contribution in [1.82, 2.24) is 4.90 Å². The molecule has 218 valence electrons. The summed E-state index contributed by atoms with van der Waals surface area (Å²) < 4.78 is 0.740. The van der Waals surface area contributed by atoms with Crippen molar-refractivity contribution in [2.75, 3.05) is 23.0 Å². The molecule has 0 radical (unpaired) electrons. The summed E-state index contributed by atoms with van der Waals surface area (Å²) in [6, 6.07) is 22.0. The predicted octanol–water partition coefficient (Wildman–Crippen LogP) is 5.04. The van der Waals surface area contributed by atoms with Gasteiger partial charge in [-0.3, -0.25) is 19.3 Å². The van der Waals surface area contributed by atoms with Crippen molar-refractivity contribution in [2.45, 2.75) is 44.4 Å². The second-order valence-electron chi connectivity index (χ2n) is 10.8. The third kappa shape index (κ3) is 5.64. The Bertz CT molecular complexity index is 1480. The molecular formula is C33H34BrN3O5. The van der Waals surface area contributed by atoms with E-state index in [-0.39, 0.29) is 31.5 Å². The average Bonchev–Trinajstić information content (AvgIpc) is 3.57. The molecule has 2 heterocycles. The van der Waals surface area contributed by atoms with Gasteiger partial charge in [0.25, 0.3) is 5.91 Å². The van der Waals surface area contributed by atoms with Crippen LogP contribution in [0.2, 0.25) is 0 Å². The van der Waals surface area contributed by atoms with E-state index in [0.29, 0.717) is 23.5 Å². The van der Waals surface area contributed by atoms with Crippen LogP contribution in [0.5, 0.6) is 0 Å². The highest BCUT2D eigenvalue weighted by Gasteiger charge is 2.52. The van der Waals surface area contributed by atoms with Gasteiger partial charge in [-0.15, -0.1) is 0 Å². The van der Waals surface area contributed by atoms with Crippen molar-refractivity contribution >= 4 is 51.2 Å². The van der Waals surface area contributed by atoms with Crippen LogP contribution in [0.3, 0.4) is 0 Å². The molecule has 5 rings (SSSR count). The molecule has 8 nitrogen and oxygen atoms in total. The maximum Gasteiger partial charge on any atom is 0.264 e. The van der Waals surface area contributed by atoms with Crippen molar-refractivity contribution < 1.29 is 24.6 Å². The minimum absolute atomic E-state index is 0.0489. The molecule has 0 saturated carbocycles. The van der Waals surface area contributed by atoms with Gasteiger partial charge in [-0.1, -0.05) is 65.3 Å². The van der Waals surface area contributed by atoms with Crippen LogP contribution in [-0.2, 0) is 26.5 Å². The van der Waals surface area contributed by atoms with E-state index in [1.165, 1.54) is 0 Å². The number of nitrogens with zero attached hydrogens (tertiary/aromatic N) is 3. The van der Waals surface area contributed by atoms with Gasteiger partial charge in [0.2, 0.25) is 12.3 Å². The molecule has 3 amide bonds. The number of anilines is 3. The van der Waals surface area contributed by atoms with E-state index in [0.717, 1.165) is 35.0 Å². The Morgan fingerprint density at radius 2 is 1.83 bits per heavy atom. The summed E-state index contributed by atoms with van der Waals surface area (Å²) in [4.78, 5) is 43.3. The predicted molar refractivity (Wildman–Crippen MR) is 165 cm³/mol. The SMILES string of the molecule is C[C@H](/C=C/CC(=O)N1CCC[C@H]1CO)[C@@]1(O)C(=O)N(Cc2ccc(N(C=O)c3ccccc3)cc2)c2ccc(Br)cc21. The zero-order chi connectivity index (χ0) is 29.9. The molecule has 0 aromatic heterocycles. The first-order valence-corrected chi connectivity index (χ1v) is 14.9. The molecule has 0 bridgehead atoms. The van der Waals surface area contributed by atoms with Gasteiger partial charge in [0.1, 0.15) is 0 Å². The Labute approximate surface area is 254 Å². The number of hydrogen-bond donors (Lipinski definition) is 2. The summed E-state index contributed by atoms with van der Waals surface area (Å²) in [6.45, 7) is 2.58. The molecule has 0 aliphatic carbocycles. The standard InChI is InChI=1S/C33H34BrN3O5/c1-23(7-5-11-31(40)35-18-6-10-28(35)21-38)33(42)29-19-25(34)14-17-30(29)36(32(33)41)20-24-12-15-27(16-13-24)37(22-39)26-8-3-2-4-9-26/h2-5,7-9,12-17,19,22-23,28,38,42H,6,10-11,18,20-21H2,1H3/b7-5+/t23-,28+,33+/m1/s1. The van der Waals surface area contributed by atoms with E-state index in [1.54, 1.807) is 39.8 Å². The second-order valence-corrected chi connectivity index (χ2v) is 11.7. The van der Waals surface area contributed by atoms with Crippen LogP contribution in [0.1, 0.15) is 37.3 Å². The van der Waals surface area contributed by atoms with E-state index in [4.69, 9.17) is 0 Å². The van der Waals surface area contributed by atoms with Gasteiger partial charge < -0.3 is 20.0 Å². The molecule has 0 spiro atoms. The fraction of sp³-hybridized carbons (Fsp3) is 0.303. The van der Waals surface area contributed by atoms with Gasteiger partial charge in [-0.25, -0.2) is 0 Å². The lowest BCUT2D eigenvalue weighted by Crippen LogP contribution is -2.44. The maximum atomic E-state index is 13.9. The number of rotatable bonds is 10. The van der Waals surface area contributed by atoms with Crippen molar-refractivity contribution in [2.24, 2.45) is 5.92 Å². The third-order valence-electron chi connectivity index (χ3n) is 8.21. The molecule has 3 aromatic carbocycles. The largest absolute Gasteiger partial charge is 0.394 e. The Morgan fingerprint density at radius 1 is 1.12 bits per heavy atom. The normalized spacial score (nSPS) is 20.7. The number of fused-ring (bicyclic) bond motifs is 1. The minimum atomic E-state index is -1.82. The number of carbonyl (C=O) groups excluding carboxylic acids is 3. The molecule has 0 unspecified atom stereocenters. The number of halogens is 1. The van der Waals surface area contributed by atoms with Gasteiger partial charge in [-0.05, 0) is 60.9 Å². The quantitative estimate of drug-likeness (QED) is 0.241. The summed E-state index contributed by atoms with van der Waals surface area (Å²) >= 11 is 3.48. The lowest BCUT2D eigenvalue weighted by Gasteiger charge is -2.28. The molecule has 2 aliphatic heterocycles. The maximum absolute atomic E-state index is 13.9. The molecule has 3 aromatic rings. The number of likely N-dealkylation sites (tertiary alicyclic amines) is 1. The van der Waals surface area contributed by atoms with Crippen molar-refractivity contribution in [1.29, 1.82) is 0 Å². The van der Waals surface area contributed by atoms with E-state index < -0.39 is 17.4 Å². The smallest absolute Gasteiger partial charge is 0.264 e. The summed E-state index contributed by atoms with van der Waals surface area (Å²) in [6.07, 6.45) is 5.99. The number of carbonyl (C=O) groups is 3. The molecule has 42 heavy (non-hydrogen) atoms. The molecule has 9 heteroatoms. The molecule has 2 N–H and O–H groups in total. The molecule has 1 saturated heterocycles. The zero-order valence-corrected chi connectivity index (χ0v) is 25.0. The number of amides is 3. The van der Waals surface area contributed by atoms with Crippen LogP contribution < -0.4 is 9.80 Å². The highest BCUT2D eigenvalue weighted by Crippen LogP contribution is 2.46. The Kier molecular flexibility index (Phi) is 8.91. The lowest BCUT2D eigenvalue weighted by atomic mass is 9.83. The fourth-order valence-corrected chi connectivity index (χ4v) is 6.22. The first kappa shape index (κ1) is 29.7. The van der Waals surface area contributed by atoms with Crippen molar-refractivity contribution in [3.8, 4) is 0 Å². The van der Waals surface area contributed by atoms with Gasteiger partial charge in [0.15, 0.2) is 5.60 Å². The van der Waals surface area contributed by atoms with Crippen molar-refractivity contribution in [3.05, 3.63) is 101 Å². The minimum Gasteiger partial charge on any atom is -0.394 e. The van der Waals surface area contributed by atoms with Crippen LogP contribution >= 0.6 is 15.9 Å². The van der Waals surface area contributed by atoms with E-state index in [9.17, 15) is 24.6 Å². The van der Waals surface area contributed by atoms with Crippen LogP contribution in [-0.4, -0.2) is 52.5 Å². The Morgan fingerprint density at radius 3 is 2.52 bits per heavy atom. The third-order valence-corrected chi connectivity index (χ3v) is 8.70. The van der Waals surface area contributed by atoms with Gasteiger partial charge in [0, 0.05) is 40.3 Å². The van der Waals surface area contributed by atoms with E-state index in [2.05, 4.69) is 15.9 Å². The highest BCUT2D eigenvalue weighted by atomic mass is 79.9. The fourth-order valence-electron chi connectivity index (χ4n) is 5.86. The van der Waals surface area contributed by atoms with E-state index >= 15 is 0 Å². The number of benzene rings is 3. The first-order valence-electron chi connectivity index (χ1n) is 14.1. The Balaban J connectivity index is 1.34. The Hall–Kier alpha value is -3.79. The van der Waals surface area contributed by atoms with Crippen LogP contribution in [0.25, 0.3) is 0 Å². The highest BCUT2D eigenvalue weighted by molar-refractivity contribution is 9.10. The topological polar surface area (TPSA) is 101 Å². The molecule has 2 aliphatic rings. The number of aliphatic hydroxyl groups excluding tert-OH is 1. The number of para-hydroxylation sites is 1. The zero-order valence-electron chi connectivity index (χ0n) is 23.4. The molecular weight excluding hydrogens is 598 g/mol. The van der Waals surface area contributed by atoms with Crippen LogP contribution in [0, 0.1) is 5.92 Å². The molecule has 3 atom stereocenters. The first-order chi connectivity index (χ1) is 20.3. The van der Waals surface area contributed by atoms with Gasteiger partial charge in [-0.2, -0.15) is 0 Å². The van der Waals surface area contributed by atoms with Gasteiger partial charge in [0.05, 0.1) is 24.9 Å². The van der Waals surface area contributed by atoms with Crippen LogP contribution in [0.4, 0.5) is 17.1 Å². The number of aliphatic hydroxyl groups is 2. The summed E-state index contributed by atoms with van der Waals surface area (Å²) in [7, 11) is 0. The lowest BCUT2D eigenvalue weighted by molar-refractivity contribution is -0.139. The van der Waals surface area contributed by atoms with Crippen molar-refractivity contribution in [3.63, 3.8) is 0 Å².